The Bertz CT molecular complexity index is 458. The normalized spacial score (nSPS) is 12.2. The second-order valence-electron chi connectivity index (χ2n) is 4.05. The highest BCUT2D eigenvalue weighted by Gasteiger charge is 2.14. The Kier molecular flexibility index (Phi) is 7.73. The summed E-state index contributed by atoms with van der Waals surface area (Å²) in [5.74, 6) is 0. The van der Waals surface area contributed by atoms with Crippen LogP contribution in [0.15, 0.2) is 73.1 Å². The largest absolute Gasteiger partial charge is 0.328 e. The molecular formula is C19H26N2. The Hall–Kier alpha value is -2.22. The maximum Gasteiger partial charge on any atom is 0.0989 e. The number of hydrogen-bond acceptors (Lipinski definition) is 2. The van der Waals surface area contributed by atoms with E-state index in [9.17, 15) is 0 Å². The van der Waals surface area contributed by atoms with Gasteiger partial charge in [-0.25, -0.2) is 0 Å². The third-order valence-electron chi connectivity index (χ3n) is 2.91. The lowest BCUT2D eigenvalue weighted by Crippen LogP contribution is -2.24. The van der Waals surface area contributed by atoms with E-state index < -0.39 is 0 Å². The highest BCUT2D eigenvalue weighted by atomic mass is 15.3. The molecule has 0 saturated heterocycles. The van der Waals surface area contributed by atoms with Crippen LogP contribution in [0.4, 0.5) is 11.4 Å². The number of benzene rings is 2. The lowest BCUT2D eigenvalue weighted by molar-refractivity contribution is 0.976. The molecule has 0 aliphatic carbocycles. The lowest BCUT2D eigenvalue weighted by Gasteiger charge is -2.21. The molecule has 1 heterocycles. The highest BCUT2D eigenvalue weighted by molar-refractivity contribution is 5.58. The standard InChI is InChI=1S/C15H14N2.2C2H6/c1-3-7-14(8-4-1)16-11-12-17(13-16)15-9-5-2-6-10-15;2*1-2/h1-12H,13H2;2*1-2H3. The van der Waals surface area contributed by atoms with Gasteiger partial charge in [-0.15, -0.1) is 0 Å². The summed E-state index contributed by atoms with van der Waals surface area (Å²) in [5, 5.41) is 0. The molecule has 0 radical (unpaired) electrons. The minimum absolute atomic E-state index is 0.869. The molecule has 0 N–H and O–H groups in total. The van der Waals surface area contributed by atoms with Gasteiger partial charge in [-0.2, -0.15) is 0 Å². The van der Waals surface area contributed by atoms with Gasteiger partial charge in [0.1, 0.15) is 0 Å². The van der Waals surface area contributed by atoms with Crippen molar-refractivity contribution in [1.29, 1.82) is 0 Å². The Morgan fingerprint density at radius 2 is 0.905 bits per heavy atom. The molecule has 0 atom stereocenters. The summed E-state index contributed by atoms with van der Waals surface area (Å²) in [7, 11) is 0. The van der Waals surface area contributed by atoms with E-state index in [1.54, 1.807) is 0 Å². The van der Waals surface area contributed by atoms with Gasteiger partial charge in [0, 0.05) is 23.8 Å². The molecule has 0 bridgehead atoms. The zero-order valence-electron chi connectivity index (χ0n) is 13.5. The van der Waals surface area contributed by atoms with E-state index in [4.69, 9.17) is 0 Å². The van der Waals surface area contributed by atoms with Crippen molar-refractivity contribution in [2.24, 2.45) is 0 Å². The number of para-hydroxylation sites is 2. The van der Waals surface area contributed by atoms with Gasteiger partial charge in [0.15, 0.2) is 0 Å². The molecule has 0 spiro atoms. The Labute approximate surface area is 129 Å². The summed E-state index contributed by atoms with van der Waals surface area (Å²) in [4.78, 5) is 4.46. The maximum absolute atomic E-state index is 2.23. The van der Waals surface area contributed by atoms with Crippen LogP contribution < -0.4 is 9.80 Å². The molecule has 1 aliphatic heterocycles. The minimum atomic E-state index is 0.869. The van der Waals surface area contributed by atoms with Gasteiger partial charge in [-0.05, 0) is 24.3 Å². The van der Waals surface area contributed by atoms with Crippen molar-refractivity contribution in [3.8, 4) is 0 Å². The minimum Gasteiger partial charge on any atom is -0.328 e. The van der Waals surface area contributed by atoms with Crippen LogP contribution in [0.5, 0.6) is 0 Å². The Morgan fingerprint density at radius 1 is 0.571 bits per heavy atom. The van der Waals surface area contributed by atoms with E-state index in [2.05, 4.69) is 70.7 Å². The summed E-state index contributed by atoms with van der Waals surface area (Å²) >= 11 is 0. The van der Waals surface area contributed by atoms with Crippen LogP contribution in [0.25, 0.3) is 0 Å². The van der Waals surface area contributed by atoms with Crippen LogP contribution in [0.3, 0.4) is 0 Å². The molecule has 0 saturated carbocycles. The van der Waals surface area contributed by atoms with E-state index in [1.165, 1.54) is 11.4 Å². The van der Waals surface area contributed by atoms with Crippen LogP contribution in [-0.4, -0.2) is 6.67 Å². The summed E-state index contributed by atoms with van der Waals surface area (Å²) in [5.41, 5.74) is 2.45. The van der Waals surface area contributed by atoms with E-state index in [0.29, 0.717) is 0 Å². The zero-order chi connectivity index (χ0) is 15.5. The summed E-state index contributed by atoms with van der Waals surface area (Å²) < 4.78 is 0. The molecular weight excluding hydrogens is 256 g/mol. The molecule has 2 aromatic carbocycles. The van der Waals surface area contributed by atoms with Crippen LogP contribution >= 0.6 is 0 Å². The van der Waals surface area contributed by atoms with Gasteiger partial charge in [-0.1, -0.05) is 64.1 Å². The van der Waals surface area contributed by atoms with Crippen molar-refractivity contribution >= 4 is 11.4 Å². The lowest BCUT2D eigenvalue weighted by atomic mass is 10.3. The predicted octanol–water partition coefficient (Wildman–Crippen LogP) is 5.49. The Balaban J connectivity index is 0.000000510. The van der Waals surface area contributed by atoms with Crippen LogP contribution in [0, 0.1) is 0 Å². The highest BCUT2D eigenvalue weighted by Crippen LogP contribution is 2.23. The predicted molar refractivity (Wildman–Crippen MR) is 94.5 cm³/mol. The monoisotopic (exact) mass is 282 g/mol. The second kappa shape index (κ2) is 9.65. The number of hydrogen-bond donors (Lipinski definition) is 0. The summed E-state index contributed by atoms with van der Waals surface area (Å²) in [6.45, 7) is 8.87. The third-order valence-corrected chi connectivity index (χ3v) is 2.91. The summed E-state index contributed by atoms with van der Waals surface area (Å²) in [6.07, 6.45) is 4.23. The van der Waals surface area contributed by atoms with Gasteiger partial charge in [0.2, 0.25) is 0 Å². The molecule has 0 aromatic heterocycles. The first kappa shape index (κ1) is 16.8. The van der Waals surface area contributed by atoms with Crippen molar-refractivity contribution in [2.45, 2.75) is 27.7 Å². The number of nitrogens with zero attached hydrogens (tertiary/aromatic N) is 2. The van der Waals surface area contributed by atoms with Crippen molar-refractivity contribution in [3.05, 3.63) is 73.1 Å². The van der Waals surface area contributed by atoms with Gasteiger partial charge < -0.3 is 9.80 Å². The molecule has 0 amide bonds. The molecule has 2 nitrogen and oxygen atoms in total. The van der Waals surface area contributed by atoms with Crippen molar-refractivity contribution < 1.29 is 0 Å². The smallest absolute Gasteiger partial charge is 0.0989 e. The van der Waals surface area contributed by atoms with Crippen LogP contribution in [-0.2, 0) is 0 Å². The van der Waals surface area contributed by atoms with Crippen molar-refractivity contribution in [2.75, 3.05) is 16.5 Å². The first-order chi connectivity index (χ1) is 10.4. The van der Waals surface area contributed by atoms with E-state index >= 15 is 0 Å². The quantitative estimate of drug-likeness (QED) is 0.718. The SMILES string of the molecule is C1=CN(c2ccccc2)CN1c1ccccc1.CC.CC. The van der Waals surface area contributed by atoms with Crippen molar-refractivity contribution in [1.82, 2.24) is 0 Å². The first-order valence-corrected chi connectivity index (χ1v) is 7.75. The molecule has 21 heavy (non-hydrogen) atoms. The van der Waals surface area contributed by atoms with E-state index in [1.807, 2.05) is 39.8 Å². The first-order valence-electron chi connectivity index (χ1n) is 7.75. The number of rotatable bonds is 2. The summed E-state index contributed by atoms with van der Waals surface area (Å²) in [6, 6.07) is 20.8. The van der Waals surface area contributed by atoms with Gasteiger partial charge in [0.25, 0.3) is 0 Å². The molecule has 3 rings (SSSR count). The van der Waals surface area contributed by atoms with Gasteiger partial charge in [0.05, 0.1) is 6.67 Å². The van der Waals surface area contributed by atoms with Crippen molar-refractivity contribution in [3.63, 3.8) is 0 Å². The third kappa shape index (κ3) is 4.67. The van der Waals surface area contributed by atoms with Crippen LogP contribution in [0.1, 0.15) is 27.7 Å². The van der Waals surface area contributed by atoms with Gasteiger partial charge >= 0.3 is 0 Å². The van der Waals surface area contributed by atoms with E-state index in [0.717, 1.165) is 6.67 Å². The van der Waals surface area contributed by atoms with Crippen LogP contribution in [0.2, 0.25) is 0 Å². The molecule has 0 fully saturated rings. The Morgan fingerprint density at radius 3 is 1.24 bits per heavy atom. The topological polar surface area (TPSA) is 6.48 Å². The molecule has 112 valence electrons. The second-order valence-corrected chi connectivity index (χ2v) is 4.05. The molecule has 1 aliphatic rings. The van der Waals surface area contributed by atoms with Gasteiger partial charge in [-0.3, -0.25) is 0 Å². The number of anilines is 2. The maximum atomic E-state index is 2.23. The molecule has 0 unspecified atom stereocenters. The van der Waals surface area contributed by atoms with E-state index in [-0.39, 0.29) is 0 Å². The fourth-order valence-corrected chi connectivity index (χ4v) is 1.99. The molecule has 2 aromatic rings. The fraction of sp³-hybridized carbons (Fsp3) is 0.263. The average molecular weight is 282 g/mol. The molecule has 2 heteroatoms. The zero-order valence-corrected chi connectivity index (χ0v) is 13.5. The average Bonchev–Trinajstić information content (AvgIpc) is 3.10. The fourth-order valence-electron chi connectivity index (χ4n) is 1.99.